The molecule has 0 bridgehead atoms. The molecule has 2 aromatic carbocycles. The lowest BCUT2D eigenvalue weighted by Crippen LogP contribution is -2.49. The number of carbonyl (C=O) groups excluding carboxylic acids is 3. The Kier molecular flexibility index (Phi) is 7.63. The molecule has 0 aliphatic carbocycles. The monoisotopic (exact) mass is 614 g/mol. The van der Waals surface area contributed by atoms with Crippen molar-refractivity contribution in [2.75, 3.05) is 17.7 Å². The first kappa shape index (κ1) is 29.7. The number of nitrogens with zero attached hydrogens (tertiary/aromatic N) is 2. The first-order valence-electron chi connectivity index (χ1n) is 13.1. The Hall–Kier alpha value is -3.80. The number of halogens is 3. The van der Waals surface area contributed by atoms with Crippen LogP contribution in [0.4, 0.5) is 15.9 Å². The van der Waals surface area contributed by atoms with Gasteiger partial charge in [-0.05, 0) is 53.3 Å². The predicted octanol–water partition coefficient (Wildman–Crippen LogP) is 4.42. The van der Waals surface area contributed by atoms with Gasteiger partial charge in [0.05, 0.1) is 23.9 Å². The average Bonchev–Trinajstić information content (AvgIpc) is 3.39. The van der Waals surface area contributed by atoms with Crippen LogP contribution in [0.1, 0.15) is 54.6 Å². The standard InChI is InChI=1S/C29H29Cl2FN6O4/c1-28(2,3)11-19-29(15-12-34-27(31)38-24(15)37-26(29)41)20(14-6-5-7-16(30)21(14)32)22(36-19)25(40)35-17-9-8-13(23(33)39)10-18(17)42-4/h5-10,12,19-20,22,36H,11H2,1-4H3,(H2,33,39)(H,35,40)(H,34,37,38,41). The van der Waals surface area contributed by atoms with Crippen LogP contribution in [0.2, 0.25) is 10.3 Å². The van der Waals surface area contributed by atoms with E-state index in [0.29, 0.717) is 12.0 Å². The molecular weight excluding hydrogens is 586 g/mol. The highest BCUT2D eigenvalue weighted by Gasteiger charge is 2.67. The summed E-state index contributed by atoms with van der Waals surface area (Å²) in [5, 5.41) is 8.75. The molecule has 0 radical (unpaired) electrons. The number of amides is 3. The second-order valence-corrected chi connectivity index (χ2v) is 12.3. The molecular formula is C29H29Cl2FN6O4. The van der Waals surface area contributed by atoms with Gasteiger partial charge in [0.2, 0.25) is 23.0 Å². The number of hydrogen-bond acceptors (Lipinski definition) is 7. The van der Waals surface area contributed by atoms with Crippen molar-refractivity contribution < 1.29 is 23.5 Å². The molecule has 10 nitrogen and oxygen atoms in total. The molecule has 3 amide bonds. The zero-order chi connectivity index (χ0) is 30.6. The molecule has 13 heteroatoms. The number of fused-ring (bicyclic) bond motifs is 2. The van der Waals surface area contributed by atoms with Gasteiger partial charge in [-0.15, -0.1) is 0 Å². The normalized spacial score (nSPS) is 23.0. The summed E-state index contributed by atoms with van der Waals surface area (Å²) < 4.78 is 21.3. The van der Waals surface area contributed by atoms with Crippen LogP contribution in [0.3, 0.4) is 0 Å². The molecule has 0 saturated carbocycles. The molecule has 1 spiro atoms. The lowest BCUT2D eigenvalue weighted by Gasteiger charge is -2.37. The summed E-state index contributed by atoms with van der Waals surface area (Å²) >= 11 is 12.3. The fourth-order valence-electron chi connectivity index (χ4n) is 6.07. The van der Waals surface area contributed by atoms with E-state index in [1.165, 1.54) is 43.6 Å². The average molecular weight is 615 g/mol. The zero-order valence-electron chi connectivity index (χ0n) is 23.2. The van der Waals surface area contributed by atoms with Crippen LogP contribution >= 0.6 is 23.2 Å². The van der Waals surface area contributed by atoms with Crippen molar-refractivity contribution in [2.24, 2.45) is 11.1 Å². The molecule has 42 heavy (non-hydrogen) atoms. The maximum absolute atomic E-state index is 15.9. The SMILES string of the molecule is COc1cc(C(N)=O)ccc1NC(=O)C1NC(CC(C)(C)C)C2(C(=O)Nc3nc(Cl)ncc32)C1c1cccc(Cl)c1F. The fourth-order valence-corrected chi connectivity index (χ4v) is 6.39. The van der Waals surface area contributed by atoms with Crippen LogP contribution in [0, 0.1) is 11.2 Å². The van der Waals surface area contributed by atoms with E-state index >= 15 is 4.39 Å². The Morgan fingerprint density at radius 3 is 2.62 bits per heavy atom. The van der Waals surface area contributed by atoms with Crippen molar-refractivity contribution in [3.05, 3.63) is 75.4 Å². The lowest BCUT2D eigenvalue weighted by molar-refractivity contribution is -0.122. The number of nitrogens with one attached hydrogen (secondary N) is 3. The number of hydrogen-bond donors (Lipinski definition) is 4. The van der Waals surface area contributed by atoms with E-state index < -0.39 is 47.0 Å². The van der Waals surface area contributed by atoms with E-state index in [0.717, 1.165) is 0 Å². The Labute approximate surface area is 251 Å². The summed E-state index contributed by atoms with van der Waals surface area (Å²) in [5.41, 5.74) is 4.46. The van der Waals surface area contributed by atoms with E-state index in [-0.39, 0.29) is 44.1 Å². The summed E-state index contributed by atoms with van der Waals surface area (Å²) in [7, 11) is 1.38. The number of aromatic nitrogens is 2. The van der Waals surface area contributed by atoms with Gasteiger partial charge < -0.3 is 26.4 Å². The molecule has 1 aromatic heterocycles. The van der Waals surface area contributed by atoms with Crippen molar-refractivity contribution in [1.29, 1.82) is 0 Å². The number of methoxy groups -OCH3 is 1. The first-order chi connectivity index (χ1) is 19.8. The van der Waals surface area contributed by atoms with Gasteiger partial charge in [0.15, 0.2) is 0 Å². The van der Waals surface area contributed by atoms with Gasteiger partial charge >= 0.3 is 0 Å². The number of carbonyl (C=O) groups is 3. The highest BCUT2D eigenvalue weighted by molar-refractivity contribution is 6.30. The Morgan fingerprint density at radius 1 is 1.21 bits per heavy atom. The predicted molar refractivity (Wildman–Crippen MR) is 156 cm³/mol. The van der Waals surface area contributed by atoms with E-state index in [1.54, 1.807) is 6.07 Å². The summed E-state index contributed by atoms with van der Waals surface area (Å²) in [6.45, 7) is 6.01. The molecule has 4 atom stereocenters. The first-order valence-corrected chi connectivity index (χ1v) is 13.9. The number of primary amides is 1. The van der Waals surface area contributed by atoms with Crippen LogP contribution < -0.4 is 26.4 Å². The number of benzene rings is 2. The lowest BCUT2D eigenvalue weighted by atomic mass is 9.63. The third-order valence-electron chi connectivity index (χ3n) is 7.73. The van der Waals surface area contributed by atoms with Crippen LogP contribution in [-0.2, 0) is 15.0 Å². The number of ether oxygens (including phenoxy) is 1. The quantitative estimate of drug-likeness (QED) is 0.300. The van der Waals surface area contributed by atoms with Crippen molar-refractivity contribution in [1.82, 2.24) is 15.3 Å². The molecule has 2 aliphatic heterocycles. The second-order valence-electron chi connectivity index (χ2n) is 11.6. The van der Waals surface area contributed by atoms with E-state index in [4.69, 9.17) is 33.7 Å². The molecule has 4 unspecified atom stereocenters. The molecule has 5 rings (SSSR count). The van der Waals surface area contributed by atoms with Crippen LogP contribution in [0.25, 0.3) is 0 Å². The van der Waals surface area contributed by atoms with Crippen molar-refractivity contribution in [3.63, 3.8) is 0 Å². The highest BCUT2D eigenvalue weighted by atomic mass is 35.5. The molecule has 1 fully saturated rings. The van der Waals surface area contributed by atoms with Crippen molar-refractivity contribution >= 4 is 52.4 Å². The van der Waals surface area contributed by atoms with Crippen molar-refractivity contribution in [3.8, 4) is 5.75 Å². The minimum Gasteiger partial charge on any atom is -0.495 e. The Morgan fingerprint density at radius 2 is 1.95 bits per heavy atom. The van der Waals surface area contributed by atoms with Gasteiger partial charge in [-0.1, -0.05) is 44.5 Å². The van der Waals surface area contributed by atoms with Gasteiger partial charge in [0, 0.05) is 29.3 Å². The fraction of sp³-hybridized carbons (Fsp3) is 0.345. The van der Waals surface area contributed by atoms with Crippen LogP contribution in [-0.4, -0.2) is 46.9 Å². The van der Waals surface area contributed by atoms with Crippen LogP contribution in [0.15, 0.2) is 42.6 Å². The van der Waals surface area contributed by atoms with Crippen LogP contribution in [0.5, 0.6) is 5.75 Å². The van der Waals surface area contributed by atoms with Gasteiger partial charge in [0.1, 0.15) is 22.8 Å². The largest absolute Gasteiger partial charge is 0.495 e. The molecule has 3 heterocycles. The minimum absolute atomic E-state index is 0.0700. The maximum Gasteiger partial charge on any atom is 0.248 e. The summed E-state index contributed by atoms with van der Waals surface area (Å²) in [5.74, 6) is -3.17. The van der Waals surface area contributed by atoms with E-state index in [9.17, 15) is 14.4 Å². The topological polar surface area (TPSA) is 148 Å². The zero-order valence-corrected chi connectivity index (χ0v) is 24.7. The number of anilines is 2. The van der Waals surface area contributed by atoms with Gasteiger partial charge in [-0.3, -0.25) is 14.4 Å². The van der Waals surface area contributed by atoms with Gasteiger partial charge in [0.25, 0.3) is 0 Å². The minimum atomic E-state index is -1.51. The number of nitrogens with two attached hydrogens (primary N) is 1. The molecule has 3 aromatic rings. The van der Waals surface area contributed by atoms with Crippen molar-refractivity contribution in [2.45, 2.75) is 50.6 Å². The Balaban J connectivity index is 1.70. The molecule has 1 saturated heterocycles. The molecule has 2 aliphatic rings. The van der Waals surface area contributed by atoms with E-state index in [1.807, 2.05) is 20.8 Å². The molecule has 5 N–H and O–H groups in total. The second kappa shape index (κ2) is 10.8. The summed E-state index contributed by atoms with van der Waals surface area (Å²) in [6.07, 6.45) is 1.86. The van der Waals surface area contributed by atoms with Gasteiger partial charge in [-0.25, -0.2) is 14.4 Å². The highest BCUT2D eigenvalue weighted by Crippen LogP contribution is 2.56. The third-order valence-corrected chi connectivity index (χ3v) is 8.20. The summed E-state index contributed by atoms with van der Waals surface area (Å²) in [6, 6.07) is 7.00. The summed E-state index contributed by atoms with van der Waals surface area (Å²) in [4.78, 5) is 48.4. The molecule has 220 valence electrons. The maximum atomic E-state index is 15.9. The van der Waals surface area contributed by atoms with E-state index in [2.05, 4.69) is 25.9 Å². The van der Waals surface area contributed by atoms with Gasteiger partial charge in [-0.2, -0.15) is 0 Å². The number of rotatable bonds is 6. The smallest absolute Gasteiger partial charge is 0.248 e. The Bertz CT molecular complexity index is 1610. The third kappa shape index (κ3) is 4.95.